The van der Waals surface area contributed by atoms with Crippen LogP contribution in [0.3, 0.4) is 0 Å². The molecule has 0 saturated carbocycles. The second kappa shape index (κ2) is 7.35. The number of halogens is 2. The average Bonchev–Trinajstić information content (AvgIpc) is 2.53. The fourth-order valence-electron chi connectivity index (χ4n) is 1.86. The van der Waals surface area contributed by atoms with Crippen LogP contribution in [0.2, 0.25) is 0 Å². The minimum Gasteiger partial charge on any atom is -0.465 e. The van der Waals surface area contributed by atoms with Crippen LogP contribution in [-0.4, -0.2) is 25.5 Å². The van der Waals surface area contributed by atoms with Crippen molar-refractivity contribution in [1.29, 1.82) is 0 Å². The first-order valence-electron chi connectivity index (χ1n) is 6.67. The second-order valence-corrected chi connectivity index (χ2v) is 4.60. The summed E-state index contributed by atoms with van der Waals surface area (Å²) in [7, 11) is 1.26. The van der Waals surface area contributed by atoms with Gasteiger partial charge in [-0.05, 0) is 30.3 Å². The number of carbonyl (C=O) groups is 2. The molecule has 0 unspecified atom stereocenters. The molecule has 5 nitrogen and oxygen atoms in total. The number of hydrogen-bond donors (Lipinski definition) is 2. The number of ether oxygens (including phenoxy) is 1. The lowest BCUT2D eigenvalue weighted by Crippen LogP contribution is -2.22. The highest BCUT2D eigenvalue weighted by Gasteiger charge is 2.09. The van der Waals surface area contributed by atoms with Crippen molar-refractivity contribution in [2.24, 2.45) is 0 Å². The zero-order chi connectivity index (χ0) is 16.8. The molecule has 0 aliphatic rings. The lowest BCUT2D eigenvalue weighted by atomic mass is 10.2. The van der Waals surface area contributed by atoms with E-state index in [2.05, 4.69) is 15.4 Å². The molecule has 0 aliphatic carbocycles. The molecule has 7 heteroatoms. The van der Waals surface area contributed by atoms with Gasteiger partial charge in [0.05, 0.1) is 24.9 Å². The zero-order valence-electron chi connectivity index (χ0n) is 12.2. The van der Waals surface area contributed by atoms with Crippen molar-refractivity contribution >= 4 is 23.3 Å². The molecule has 1 amide bonds. The fourth-order valence-corrected chi connectivity index (χ4v) is 1.86. The molecule has 2 N–H and O–H groups in total. The third kappa shape index (κ3) is 4.50. The van der Waals surface area contributed by atoms with Crippen LogP contribution in [0.1, 0.15) is 10.4 Å². The number of benzene rings is 2. The van der Waals surface area contributed by atoms with E-state index < -0.39 is 23.5 Å². The van der Waals surface area contributed by atoms with Gasteiger partial charge in [-0.1, -0.05) is 6.07 Å². The topological polar surface area (TPSA) is 67.4 Å². The van der Waals surface area contributed by atoms with Crippen molar-refractivity contribution in [3.05, 3.63) is 59.7 Å². The molecular weight excluding hydrogens is 306 g/mol. The van der Waals surface area contributed by atoms with Crippen molar-refractivity contribution in [1.82, 2.24) is 0 Å². The molecule has 120 valence electrons. The van der Waals surface area contributed by atoms with Crippen molar-refractivity contribution in [2.45, 2.75) is 0 Å². The summed E-state index contributed by atoms with van der Waals surface area (Å²) in [4.78, 5) is 23.2. The first kappa shape index (κ1) is 16.4. The van der Waals surface area contributed by atoms with Gasteiger partial charge in [0.1, 0.15) is 11.6 Å². The third-order valence-corrected chi connectivity index (χ3v) is 2.94. The number of esters is 1. The Morgan fingerprint density at radius 3 is 2.61 bits per heavy atom. The molecular formula is C16H14F2N2O3. The molecule has 0 radical (unpaired) electrons. The van der Waals surface area contributed by atoms with E-state index in [4.69, 9.17) is 0 Å². The van der Waals surface area contributed by atoms with E-state index in [1.54, 1.807) is 18.2 Å². The van der Waals surface area contributed by atoms with Gasteiger partial charge in [-0.25, -0.2) is 13.6 Å². The Kier molecular flexibility index (Phi) is 5.24. The van der Waals surface area contributed by atoms with Gasteiger partial charge in [-0.15, -0.1) is 0 Å². The van der Waals surface area contributed by atoms with Gasteiger partial charge < -0.3 is 15.4 Å². The van der Waals surface area contributed by atoms with Gasteiger partial charge in [-0.3, -0.25) is 4.79 Å². The standard InChI is InChI=1S/C16H14F2N2O3/c1-23-16(22)10-3-2-4-12(7-10)20-15(21)9-19-14-6-5-11(17)8-13(14)18/h2-8,19H,9H2,1H3,(H,20,21). The Morgan fingerprint density at radius 1 is 1.13 bits per heavy atom. The third-order valence-electron chi connectivity index (χ3n) is 2.94. The summed E-state index contributed by atoms with van der Waals surface area (Å²) < 4.78 is 30.8. The van der Waals surface area contributed by atoms with Crippen LogP contribution in [0.15, 0.2) is 42.5 Å². The van der Waals surface area contributed by atoms with Crippen molar-refractivity contribution in [3.8, 4) is 0 Å². The SMILES string of the molecule is COC(=O)c1cccc(NC(=O)CNc2ccc(F)cc2F)c1. The molecule has 2 rings (SSSR count). The molecule has 2 aromatic rings. The number of anilines is 2. The Bertz CT molecular complexity index is 735. The van der Waals surface area contributed by atoms with Crippen LogP contribution < -0.4 is 10.6 Å². The molecule has 0 aromatic heterocycles. The van der Waals surface area contributed by atoms with Gasteiger partial charge in [0.15, 0.2) is 0 Å². The highest BCUT2D eigenvalue weighted by Crippen LogP contribution is 2.15. The zero-order valence-corrected chi connectivity index (χ0v) is 12.2. The highest BCUT2D eigenvalue weighted by atomic mass is 19.1. The lowest BCUT2D eigenvalue weighted by molar-refractivity contribution is -0.114. The van der Waals surface area contributed by atoms with Gasteiger partial charge >= 0.3 is 5.97 Å². The van der Waals surface area contributed by atoms with E-state index >= 15 is 0 Å². The summed E-state index contributed by atoms with van der Waals surface area (Å²) in [6, 6.07) is 9.21. The van der Waals surface area contributed by atoms with Gasteiger partial charge in [0.25, 0.3) is 0 Å². The summed E-state index contributed by atoms with van der Waals surface area (Å²) in [5.41, 5.74) is 0.715. The summed E-state index contributed by atoms with van der Waals surface area (Å²) in [5, 5.41) is 5.12. The summed E-state index contributed by atoms with van der Waals surface area (Å²) in [5.74, 6) is -2.45. The maximum absolute atomic E-state index is 13.4. The van der Waals surface area contributed by atoms with Crippen LogP contribution in [0, 0.1) is 11.6 Å². The highest BCUT2D eigenvalue weighted by molar-refractivity contribution is 5.96. The minimum absolute atomic E-state index is 0.0184. The molecule has 0 spiro atoms. The van der Waals surface area contributed by atoms with E-state index in [0.717, 1.165) is 12.1 Å². The Morgan fingerprint density at radius 2 is 1.91 bits per heavy atom. The fraction of sp³-hybridized carbons (Fsp3) is 0.125. The number of amides is 1. The maximum Gasteiger partial charge on any atom is 0.337 e. The van der Waals surface area contributed by atoms with Crippen LogP contribution in [0.5, 0.6) is 0 Å². The van der Waals surface area contributed by atoms with Crippen LogP contribution in [-0.2, 0) is 9.53 Å². The maximum atomic E-state index is 13.4. The Hall–Kier alpha value is -2.96. The first-order chi connectivity index (χ1) is 11.0. The van der Waals surface area contributed by atoms with Crippen molar-refractivity contribution in [3.63, 3.8) is 0 Å². The normalized spacial score (nSPS) is 10.0. The van der Waals surface area contributed by atoms with E-state index in [0.29, 0.717) is 11.3 Å². The molecule has 0 heterocycles. The van der Waals surface area contributed by atoms with Gasteiger partial charge in [0, 0.05) is 11.8 Å². The molecule has 0 bridgehead atoms. The Balaban J connectivity index is 1.96. The predicted molar refractivity (Wildman–Crippen MR) is 81.3 cm³/mol. The monoisotopic (exact) mass is 320 g/mol. The summed E-state index contributed by atoms with van der Waals surface area (Å²) >= 11 is 0. The number of carbonyl (C=O) groups excluding carboxylic acids is 2. The molecule has 0 saturated heterocycles. The van der Waals surface area contributed by atoms with E-state index in [9.17, 15) is 18.4 Å². The lowest BCUT2D eigenvalue weighted by Gasteiger charge is -2.09. The van der Waals surface area contributed by atoms with Crippen LogP contribution in [0.4, 0.5) is 20.2 Å². The van der Waals surface area contributed by atoms with E-state index in [1.165, 1.54) is 19.2 Å². The van der Waals surface area contributed by atoms with E-state index in [-0.39, 0.29) is 12.2 Å². The van der Waals surface area contributed by atoms with Crippen LogP contribution >= 0.6 is 0 Å². The summed E-state index contributed by atoms with van der Waals surface area (Å²) in [6.45, 7) is -0.217. The first-order valence-corrected chi connectivity index (χ1v) is 6.67. The molecule has 0 fully saturated rings. The summed E-state index contributed by atoms with van der Waals surface area (Å²) in [6.07, 6.45) is 0. The largest absolute Gasteiger partial charge is 0.465 e. The average molecular weight is 320 g/mol. The number of nitrogens with one attached hydrogen (secondary N) is 2. The molecule has 0 atom stereocenters. The van der Waals surface area contributed by atoms with Crippen LogP contribution in [0.25, 0.3) is 0 Å². The quantitative estimate of drug-likeness (QED) is 0.831. The smallest absolute Gasteiger partial charge is 0.337 e. The number of methoxy groups -OCH3 is 1. The van der Waals surface area contributed by atoms with Crippen molar-refractivity contribution < 1.29 is 23.1 Å². The second-order valence-electron chi connectivity index (χ2n) is 4.60. The minimum atomic E-state index is -0.787. The van der Waals surface area contributed by atoms with E-state index in [1.807, 2.05) is 0 Å². The predicted octanol–water partition coefficient (Wildman–Crippen LogP) is 2.80. The van der Waals surface area contributed by atoms with Gasteiger partial charge in [-0.2, -0.15) is 0 Å². The number of hydrogen-bond acceptors (Lipinski definition) is 4. The molecule has 23 heavy (non-hydrogen) atoms. The number of rotatable bonds is 5. The molecule has 0 aliphatic heterocycles. The Labute approximate surface area is 131 Å². The van der Waals surface area contributed by atoms with Crippen molar-refractivity contribution in [2.75, 3.05) is 24.3 Å². The van der Waals surface area contributed by atoms with Gasteiger partial charge in [0.2, 0.25) is 5.91 Å². The molecule has 2 aromatic carbocycles.